The summed E-state index contributed by atoms with van der Waals surface area (Å²) in [6, 6.07) is 26.2. The molecule has 1 saturated heterocycles. The maximum atomic E-state index is 14.2. The summed E-state index contributed by atoms with van der Waals surface area (Å²) in [5.74, 6) is -2.20. The lowest BCUT2D eigenvalue weighted by Gasteiger charge is -2.35. The Bertz CT molecular complexity index is 1310. The van der Waals surface area contributed by atoms with Crippen LogP contribution >= 0.6 is 11.6 Å². The molecule has 5 heteroatoms. The number of ketones is 1. The van der Waals surface area contributed by atoms with E-state index in [-0.39, 0.29) is 17.6 Å². The second-order valence-electron chi connectivity index (χ2n) is 9.66. The molecular weight excluding hydrogens is 446 g/mol. The number of fused-ring (bicyclic) bond motifs is 5. The van der Waals surface area contributed by atoms with Crippen molar-refractivity contribution < 1.29 is 14.4 Å². The van der Waals surface area contributed by atoms with E-state index in [2.05, 4.69) is 0 Å². The van der Waals surface area contributed by atoms with Crippen LogP contribution in [0.3, 0.4) is 0 Å². The van der Waals surface area contributed by atoms with E-state index in [4.69, 9.17) is 11.6 Å². The first-order valence-corrected chi connectivity index (χ1v) is 11.7. The van der Waals surface area contributed by atoms with Gasteiger partial charge in [0.05, 0.1) is 28.4 Å². The Morgan fingerprint density at radius 2 is 1.06 bits per heavy atom. The van der Waals surface area contributed by atoms with Gasteiger partial charge in [-0.15, -0.1) is 0 Å². The maximum absolute atomic E-state index is 14.2. The molecule has 1 heterocycles. The number of carbonyl (C=O) groups excluding carboxylic acids is 3. The fraction of sp³-hybridized carbons (Fsp3) is 0.207. The minimum absolute atomic E-state index is 0.0508. The molecule has 2 fully saturated rings. The van der Waals surface area contributed by atoms with Crippen LogP contribution in [0.1, 0.15) is 25.0 Å². The van der Waals surface area contributed by atoms with Crippen LogP contribution in [-0.2, 0) is 14.4 Å². The molecule has 2 bridgehead atoms. The van der Waals surface area contributed by atoms with Crippen molar-refractivity contribution in [1.29, 1.82) is 0 Å². The highest BCUT2D eigenvalue weighted by atomic mass is 35.5. The second-order valence-corrected chi connectivity index (χ2v) is 10.1. The molecule has 1 saturated carbocycles. The van der Waals surface area contributed by atoms with Gasteiger partial charge in [-0.25, -0.2) is 4.90 Å². The Hall–Kier alpha value is -3.50. The molecule has 0 spiro atoms. The summed E-state index contributed by atoms with van der Waals surface area (Å²) in [4.78, 5) is 43.2. The molecule has 0 unspecified atom stereocenters. The molecule has 0 aromatic heterocycles. The number of carbonyl (C=O) groups is 3. The summed E-state index contributed by atoms with van der Waals surface area (Å²) < 4.78 is 0. The van der Waals surface area contributed by atoms with E-state index in [0.29, 0.717) is 10.7 Å². The Morgan fingerprint density at radius 1 is 0.647 bits per heavy atom. The van der Waals surface area contributed by atoms with Gasteiger partial charge in [-0.1, -0.05) is 72.3 Å². The van der Waals surface area contributed by atoms with Crippen molar-refractivity contribution in [2.75, 3.05) is 4.90 Å². The van der Waals surface area contributed by atoms with Crippen molar-refractivity contribution >= 4 is 46.0 Å². The molecule has 0 radical (unpaired) electrons. The molecule has 168 valence electrons. The minimum Gasteiger partial charge on any atom is -0.298 e. The maximum Gasteiger partial charge on any atom is 0.239 e. The standard InChI is InChI=1S/C29H22ClNO3/c1-28-21(17-9-5-3-6-10-17)22(18-11-7-4-8-12-18)29(2,27(28)34)24-23(28)25(32)31(26(24)33)20-15-13-19(30)14-16-20/h3-16,23-24H,1-2H3/t23-,24+,28-,29+. The first-order valence-electron chi connectivity index (χ1n) is 11.4. The number of Topliss-reactive ketones (excluding diaryl/α,β-unsaturated/α-hetero) is 1. The lowest BCUT2D eigenvalue weighted by Crippen LogP contribution is -2.40. The number of anilines is 1. The molecule has 4 atom stereocenters. The van der Waals surface area contributed by atoms with Crippen molar-refractivity contribution in [2.45, 2.75) is 13.8 Å². The van der Waals surface area contributed by atoms with E-state index in [1.165, 1.54) is 4.90 Å². The quantitative estimate of drug-likeness (QED) is 0.466. The van der Waals surface area contributed by atoms with Crippen LogP contribution in [0.4, 0.5) is 5.69 Å². The number of hydrogen-bond donors (Lipinski definition) is 0. The van der Waals surface area contributed by atoms with Crippen LogP contribution in [0, 0.1) is 22.7 Å². The highest BCUT2D eigenvalue weighted by Gasteiger charge is 2.78. The van der Waals surface area contributed by atoms with E-state index in [0.717, 1.165) is 22.3 Å². The van der Waals surface area contributed by atoms with Crippen molar-refractivity contribution in [3.63, 3.8) is 0 Å². The molecule has 34 heavy (non-hydrogen) atoms. The zero-order valence-electron chi connectivity index (χ0n) is 18.8. The van der Waals surface area contributed by atoms with Crippen LogP contribution in [0.25, 0.3) is 11.1 Å². The number of hydrogen-bond acceptors (Lipinski definition) is 3. The molecule has 3 aliphatic rings. The molecule has 4 nitrogen and oxygen atoms in total. The highest BCUT2D eigenvalue weighted by Crippen LogP contribution is 2.73. The van der Waals surface area contributed by atoms with Gasteiger partial charge in [0.2, 0.25) is 11.8 Å². The number of amides is 2. The average molecular weight is 468 g/mol. The fourth-order valence-corrected chi connectivity index (χ4v) is 6.78. The van der Waals surface area contributed by atoms with Gasteiger partial charge in [-0.05, 0) is 60.4 Å². The highest BCUT2D eigenvalue weighted by molar-refractivity contribution is 6.34. The van der Waals surface area contributed by atoms with Crippen LogP contribution < -0.4 is 4.90 Å². The fourth-order valence-electron chi connectivity index (χ4n) is 6.65. The zero-order chi connectivity index (χ0) is 23.8. The van der Waals surface area contributed by atoms with Gasteiger partial charge >= 0.3 is 0 Å². The Kier molecular flexibility index (Phi) is 4.34. The van der Waals surface area contributed by atoms with Crippen LogP contribution in [0.15, 0.2) is 84.9 Å². The molecular formula is C29H22ClNO3. The predicted molar refractivity (Wildman–Crippen MR) is 132 cm³/mol. The summed E-state index contributed by atoms with van der Waals surface area (Å²) in [5.41, 5.74) is 1.78. The molecule has 1 aliphatic heterocycles. The molecule has 3 aromatic carbocycles. The summed E-state index contributed by atoms with van der Waals surface area (Å²) in [7, 11) is 0. The summed E-state index contributed by atoms with van der Waals surface area (Å²) in [6.45, 7) is 3.71. The molecule has 3 aromatic rings. The Labute approximate surface area is 202 Å². The number of halogens is 1. The third kappa shape index (κ3) is 2.41. The average Bonchev–Trinajstić information content (AvgIpc) is 3.30. The van der Waals surface area contributed by atoms with Gasteiger partial charge in [0, 0.05) is 5.02 Å². The molecule has 6 rings (SSSR count). The third-order valence-corrected chi connectivity index (χ3v) is 8.24. The number of allylic oxidation sites excluding steroid dienone is 2. The predicted octanol–water partition coefficient (Wildman–Crippen LogP) is 5.67. The number of imide groups is 1. The molecule has 0 N–H and O–H groups in total. The third-order valence-electron chi connectivity index (χ3n) is 7.99. The lowest BCUT2D eigenvalue weighted by molar-refractivity contribution is -0.133. The van der Waals surface area contributed by atoms with E-state index >= 15 is 0 Å². The van der Waals surface area contributed by atoms with Crippen molar-refractivity contribution in [3.8, 4) is 0 Å². The van der Waals surface area contributed by atoms with Crippen molar-refractivity contribution in [1.82, 2.24) is 0 Å². The van der Waals surface area contributed by atoms with Crippen LogP contribution in [-0.4, -0.2) is 17.6 Å². The van der Waals surface area contributed by atoms with E-state index in [1.807, 2.05) is 74.5 Å². The van der Waals surface area contributed by atoms with Crippen LogP contribution in [0.2, 0.25) is 5.02 Å². The SMILES string of the molecule is C[C@]12C(=O)[C@](C)(C(c3ccccc3)=C1c1ccccc1)[C@H]1C(=O)N(c3ccc(Cl)cc3)C(=O)[C@H]12. The van der Waals surface area contributed by atoms with Gasteiger partial charge in [0.1, 0.15) is 0 Å². The van der Waals surface area contributed by atoms with E-state index in [9.17, 15) is 14.4 Å². The summed E-state index contributed by atoms with van der Waals surface area (Å²) in [6.07, 6.45) is 0. The van der Waals surface area contributed by atoms with Gasteiger partial charge in [0.25, 0.3) is 0 Å². The van der Waals surface area contributed by atoms with Gasteiger partial charge in [-0.3, -0.25) is 14.4 Å². The number of rotatable bonds is 3. The zero-order valence-corrected chi connectivity index (χ0v) is 19.5. The molecule has 2 amide bonds. The van der Waals surface area contributed by atoms with Gasteiger partial charge < -0.3 is 0 Å². The first kappa shape index (κ1) is 21.1. The Balaban J connectivity index is 1.62. The monoisotopic (exact) mass is 467 g/mol. The second kappa shape index (κ2) is 7.00. The van der Waals surface area contributed by atoms with Crippen molar-refractivity contribution in [3.05, 3.63) is 101 Å². The number of nitrogens with zero attached hydrogens (tertiary/aromatic N) is 1. The molecule has 2 aliphatic carbocycles. The van der Waals surface area contributed by atoms with E-state index in [1.54, 1.807) is 24.3 Å². The van der Waals surface area contributed by atoms with E-state index < -0.39 is 22.7 Å². The van der Waals surface area contributed by atoms with Gasteiger partial charge in [0.15, 0.2) is 5.78 Å². The summed E-state index contributed by atoms with van der Waals surface area (Å²) in [5, 5.41) is 0.525. The number of benzene rings is 3. The smallest absolute Gasteiger partial charge is 0.239 e. The largest absolute Gasteiger partial charge is 0.298 e. The first-order chi connectivity index (χ1) is 16.3. The van der Waals surface area contributed by atoms with Crippen LogP contribution in [0.5, 0.6) is 0 Å². The topological polar surface area (TPSA) is 54.5 Å². The van der Waals surface area contributed by atoms with Crippen molar-refractivity contribution in [2.24, 2.45) is 22.7 Å². The minimum atomic E-state index is -1.11. The lowest BCUT2D eigenvalue weighted by atomic mass is 9.63. The normalized spacial score (nSPS) is 29.9. The Morgan fingerprint density at radius 3 is 1.47 bits per heavy atom. The summed E-state index contributed by atoms with van der Waals surface area (Å²) >= 11 is 6.04. The van der Waals surface area contributed by atoms with Gasteiger partial charge in [-0.2, -0.15) is 0 Å².